The number of hydrogen-bond donors (Lipinski definition) is 0. The number of hydrogen-bond acceptors (Lipinski definition) is 4. The number of nitrogens with zero attached hydrogens (tertiary/aromatic N) is 3. The van der Waals surface area contributed by atoms with Gasteiger partial charge in [0.15, 0.2) is 0 Å². The molecule has 0 bridgehead atoms. The lowest BCUT2D eigenvalue weighted by atomic mass is 10.00. The molecule has 0 aliphatic carbocycles. The van der Waals surface area contributed by atoms with Gasteiger partial charge < -0.3 is 9.80 Å². The first-order valence-electron chi connectivity index (χ1n) is 9.99. The summed E-state index contributed by atoms with van der Waals surface area (Å²) >= 11 is 1.15. The zero-order valence-electron chi connectivity index (χ0n) is 16.1. The summed E-state index contributed by atoms with van der Waals surface area (Å²) in [5, 5.41) is 0.348. The molecule has 1 aromatic carbocycles. The molecule has 0 radical (unpaired) electrons. The molecule has 2 fully saturated rings. The van der Waals surface area contributed by atoms with Crippen LogP contribution in [0, 0.1) is 18.6 Å². The van der Waals surface area contributed by atoms with E-state index < -0.39 is 11.6 Å². The van der Waals surface area contributed by atoms with E-state index in [-0.39, 0.29) is 11.5 Å². The third-order valence-electron chi connectivity index (χ3n) is 5.81. The van der Waals surface area contributed by atoms with Crippen molar-refractivity contribution in [3.05, 3.63) is 40.4 Å². The molecule has 4 rings (SSSR count). The van der Waals surface area contributed by atoms with E-state index in [2.05, 4.69) is 9.88 Å². The van der Waals surface area contributed by atoms with Gasteiger partial charge in [-0.2, -0.15) is 0 Å². The Hall–Kier alpha value is -1.86. The molecule has 7 heteroatoms. The highest BCUT2D eigenvalue weighted by Crippen LogP contribution is 2.32. The van der Waals surface area contributed by atoms with Gasteiger partial charge in [0.25, 0.3) is 5.91 Å². The Balaban J connectivity index is 1.45. The quantitative estimate of drug-likeness (QED) is 0.755. The van der Waals surface area contributed by atoms with Crippen molar-refractivity contribution in [3.63, 3.8) is 0 Å². The third kappa shape index (κ3) is 3.96. The average molecular weight is 406 g/mol. The third-order valence-corrected chi connectivity index (χ3v) is 6.99. The van der Waals surface area contributed by atoms with Gasteiger partial charge in [0.05, 0.1) is 5.69 Å². The van der Waals surface area contributed by atoms with Gasteiger partial charge in [-0.3, -0.25) is 4.79 Å². The van der Waals surface area contributed by atoms with Crippen molar-refractivity contribution < 1.29 is 13.6 Å². The zero-order chi connectivity index (χ0) is 19.7. The fraction of sp³-hybridized carbons (Fsp3) is 0.524. The summed E-state index contributed by atoms with van der Waals surface area (Å²) in [6, 6.07) is 3.88. The number of thiazole rings is 1. The molecule has 2 aliphatic heterocycles. The molecule has 0 saturated carbocycles. The van der Waals surface area contributed by atoms with Crippen molar-refractivity contribution >= 4 is 17.2 Å². The highest BCUT2D eigenvalue weighted by molar-refractivity contribution is 7.17. The molecule has 2 saturated heterocycles. The molecule has 150 valence electrons. The predicted molar refractivity (Wildman–Crippen MR) is 107 cm³/mol. The molecule has 0 atom stereocenters. The van der Waals surface area contributed by atoms with Gasteiger partial charge in [-0.05, 0) is 63.9 Å². The number of aromatic nitrogens is 1. The van der Waals surface area contributed by atoms with Gasteiger partial charge in [-0.1, -0.05) is 6.42 Å². The second-order valence-corrected chi connectivity index (χ2v) is 8.68. The molecular formula is C21H25F2N3OS. The van der Waals surface area contributed by atoms with Crippen LogP contribution >= 0.6 is 11.3 Å². The monoisotopic (exact) mass is 405 g/mol. The van der Waals surface area contributed by atoms with E-state index in [4.69, 9.17) is 0 Å². The Kier molecular flexibility index (Phi) is 5.73. The van der Waals surface area contributed by atoms with Gasteiger partial charge >= 0.3 is 0 Å². The van der Waals surface area contributed by atoms with Crippen molar-refractivity contribution in [1.29, 1.82) is 0 Å². The average Bonchev–Trinajstić information content (AvgIpc) is 3.11. The lowest BCUT2D eigenvalue weighted by molar-refractivity contribution is 0.0593. The van der Waals surface area contributed by atoms with Crippen molar-refractivity contribution in [2.24, 2.45) is 0 Å². The van der Waals surface area contributed by atoms with Gasteiger partial charge in [0, 0.05) is 24.7 Å². The standard InChI is InChI=1S/C21H25F2N3OS/c1-14-19(28-20(24-14)17-13-15(22)5-6-18(17)23)21(27)26-11-7-16(8-12-26)25-9-3-2-4-10-25/h5-6,13,16H,2-4,7-12H2,1H3. The molecule has 0 spiro atoms. The Morgan fingerprint density at radius 2 is 1.82 bits per heavy atom. The Bertz CT molecular complexity index is 855. The topological polar surface area (TPSA) is 36.4 Å². The van der Waals surface area contributed by atoms with Gasteiger partial charge in [0.1, 0.15) is 21.5 Å². The number of halogens is 2. The van der Waals surface area contributed by atoms with Crippen LogP contribution in [0.3, 0.4) is 0 Å². The molecule has 4 nitrogen and oxygen atoms in total. The lowest BCUT2D eigenvalue weighted by Gasteiger charge is -2.40. The molecule has 1 amide bonds. The summed E-state index contributed by atoms with van der Waals surface area (Å²) in [7, 11) is 0. The normalized spacial score (nSPS) is 19.2. The first-order valence-corrected chi connectivity index (χ1v) is 10.8. The molecule has 28 heavy (non-hydrogen) atoms. The second-order valence-electron chi connectivity index (χ2n) is 7.68. The summed E-state index contributed by atoms with van der Waals surface area (Å²) < 4.78 is 27.6. The number of carbonyl (C=O) groups is 1. The van der Waals surface area contributed by atoms with Crippen LogP contribution in [0.4, 0.5) is 8.78 Å². The number of amides is 1. The summed E-state index contributed by atoms with van der Waals surface area (Å²) in [6.45, 7) is 5.58. The first kappa shape index (κ1) is 19.5. The maximum absolute atomic E-state index is 14.1. The maximum atomic E-state index is 14.1. The molecule has 0 N–H and O–H groups in total. The van der Waals surface area contributed by atoms with Crippen LogP contribution in [0.15, 0.2) is 18.2 Å². The van der Waals surface area contributed by atoms with E-state index in [0.717, 1.165) is 55.5 Å². The molecule has 1 aromatic heterocycles. The van der Waals surface area contributed by atoms with Crippen LogP contribution in [0.25, 0.3) is 10.6 Å². The molecule has 0 unspecified atom stereocenters. The van der Waals surface area contributed by atoms with E-state index in [0.29, 0.717) is 21.6 Å². The first-order chi connectivity index (χ1) is 13.5. The van der Waals surface area contributed by atoms with E-state index in [1.807, 2.05) is 4.90 Å². The Morgan fingerprint density at radius 1 is 1.11 bits per heavy atom. The van der Waals surface area contributed by atoms with E-state index in [9.17, 15) is 13.6 Å². The molecular weight excluding hydrogens is 380 g/mol. The highest BCUT2D eigenvalue weighted by Gasteiger charge is 2.30. The van der Waals surface area contributed by atoms with Crippen molar-refractivity contribution in [3.8, 4) is 10.6 Å². The van der Waals surface area contributed by atoms with Crippen LogP contribution in [-0.4, -0.2) is 52.9 Å². The van der Waals surface area contributed by atoms with Crippen LogP contribution in [0.2, 0.25) is 0 Å². The Labute approximate surface area is 168 Å². The number of likely N-dealkylation sites (tertiary alicyclic amines) is 2. The fourth-order valence-corrected chi connectivity index (χ4v) is 5.28. The van der Waals surface area contributed by atoms with Gasteiger partial charge in [0.2, 0.25) is 0 Å². The number of piperidine rings is 2. The minimum atomic E-state index is -0.531. The van der Waals surface area contributed by atoms with Crippen molar-refractivity contribution in [2.45, 2.75) is 45.1 Å². The maximum Gasteiger partial charge on any atom is 0.265 e. The zero-order valence-corrected chi connectivity index (χ0v) is 16.9. The van der Waals surface area contributed by atoms with E-state index in [1.165, 1.54) is 32.4 Å². The second kappa shape index (κ2) is 8.25. The van der Waals surface area contributed by atoms with E-state index >= 15 is 0 Å². The number of benzene rings is 1. The fourth-order valence-electron chi connectivity index (χ4n) is 4.23. The van der Waals surface area contributed by atoms with Crippen molar-refractivity contribution in [2.75, 3.05) is 26.2 Å². The van der Waals surface area contributed by atoms with Crippen molar-refractivity contribution in [1.82, 2.24) is 14.8 Å². The van der Waals surface area contributed by atoms with Gasteiger partial charge in [-0.25, -0.2) is 13.8 Å². The molecule has 2 aromatic rings. The highest BCUT2D eigenvalue weighted by atomic mass is 32.1. The van der Waals surface area contributed by atoms with Crippen LogP contribution < -0.4 is 0 Å². The molecule has 3 heterocycles. The largest absolute Gasteiger partial charge is 0.338 e. The summed E-state index contributed by atoms with van der Waals surface area (Å²) in [5.74, 6) is -1.09. The van der Waals surface area contributed by atoms with Crippen LogP contribution in [0.5, 0.6) is 0 Å². The lowest BCUT2D eigenvalue weighted by Crippen LogP contribution is -2.48. The van der Waals surface area contributed by atoms with Gasteiger partial charge in [-0.15, -0.1) is 11.3 Å². The number of aryl methyl sites for hydroxylation is 1. The molecule has 2 aliphatic rings. The summed E-state index contributed by atoms with van der Waals surface area (Å²) in [6.07, 6.45) is 5.87. The minimum absolute atomic E-state index is 0.0462. The number of carbonyl (C=O) groups excluding carboxylic acids is 1. The summed E-state index contributed by atoms with van der Waals surface area (Å²) in [5.41, 5.74) is 0.683. The predicted octanol–water partition coefficient (Wildman–Crippen LogP) is 4.49. The Morgan fingerprint density at radius 3 is 2.54 bits per heavy atom. The SMILES string of the molecule is Cc1nc(-c2cc(F)ccc2F)sc1C(=O)N1CCC(N2CCCCC2)CC1. The number of rotatable bonds is 3. The minimum Gasteiger partial charge on any atom is -0.338 e. The van der Waals surface area contributed by atoms with Crippen LogP contribution in [-0.2, 0) is 0 Å². The summed E-state index contributed by atoms with van der Waals surface area (Å²) in [4.78, 5) is 22.3. The van der Waals surface area contributed by atoms with E-state index in [1.54, 1.807) is 6.92 Å². The smallest absolute Gasteiger partial charge is 0.265 e. The van der Waals surface area contributed by atoms with Crippen LogP contribution in [0.1, 0.15) is 47.5 Å².